The Kier molecular flexibility index (Phi) is 9.08. The van der Waals surface area contributed by atoms with Gasteiger partial charge in [-0.2, -0.15) is 29.2 Å². The summed E-state index contributed by atoms with van der Waals surface area (Å²) in [6, 6.07) is -0.113. The molecule has 0 atom stereocenters. The lowest BCUT2D eigenvalue weighted by Gasteiger charge is -2.32. The number of hydrogen-bond acceptors (Lipinski definition) is 4. The number of rotatable bonds is 8. The van der Waals surface area contributed by atoms with Gasteiger partial charge in [-0.15, -0.1) is 6.58 Å². The van der Waals surface area contributed by atoms with Gasteiger partial charge in [0.05, 0.1) is 6.54 Å². The average Bonchev–Trinajstić information content (AvgIpc) is 2.54. The van der Waals surface area contributed by atoms with Gasteiger partial charge in [0.15, 0.2) is 5.96 Å². The van der Waals surface area contributed by atoms with Crippen molar-refractivity contribution in [3.05, 3.63) is 12.7 Å². The Morgan fingerprint density at radius 3 is 2.56 bits per heavy atom. The molecule has 0 aromatic rings. The zero-order chi connectivity index (χ0) is 18.9. The normalized spacial score (nSPS) is 18.2. The van der Waals surface area contributed by atoms with E-state index in [1.807, 2.05) is 13.0 Å². The zero-order valence-electron chi connectivity index (χ0n) is 14.2. The Labute approximate surface area is 151 Å². The molecule has 1 aliphatic rings. The Balaban J connectivity index is 2.52. The molecule has 1 rings (SSSR count). The van der Waals surface area contributed by atoms with Gasteiger partial charge in [-0.25, -0.2) is 8.42 Å². The minimum Gasteiger partial charge on any atom is -0.357 e. The molecule has 0 radical (unpaired) electrons. The van der Waals surface area contributed by atoms with Gasteiger partial charge in [0.2, 0.25) is 0 Å². The maximum absolute atomic E-state index is 12.6. The maximum atomic E-state index is 12.6. The highest BCUT2D eigenvalue weighted by molar-refractivity contribution is 7.99. The molecular formula is C14H25F3N4O2S2. The van der Waals surface area contributed by atoms with Crippen LogP contribution in [0.25, 0.3) is 0 Å². The van der Waals surface area contributed by atoms with Crippen LogP contribution in [-0.4, -0.2) is 67.9 Å². The van der Waals surface area contributed by atoms with Crippen LogP contribution in [0.4, 0.5) is 13.2 Å². The van der Waals surface area contributed by atoms with Crippen molar-refractivity contribution in [1.82, 2.24) is 14.9 Å². The van der Waals surface area contributed by atoms with Crippen LogP contribution < -0.4 is 10.6 Å². The fourth-order valence-corrected chi connectivity index (χ4v) is 3.83. The van der Waals surface area contributed by atoms with Crippen LogP contribution in [0.3, 0.4) is 0 Å². The Morgan fingerprint density at radius 1 is 1.40 bits per heavy atom. The second-order valence-corrected chi connectivity index (χ2v) is 8.47. The lowest BCUT2D eigenvalue weighted by atomic mass is 10.1. The van der Waals surface area contributed by atoms with E-state index in [9.17, 15) is 21.6 Å². The number of guanidine groups is 1. The third-order valence-corrected chi connectivity index (χ3v) is 6.09. The number of nitrogens with zero attached hydrogens (tertiary/aromatic N) is 2. The van der Waals surface area contributed by atoms with Crippen molar-refractivity contribution < 1.29 is 21.6 Å². The number of alkyl halides is 3. The van der Waals surface area contributed by atoms with Crippen molar-refractivity contribution in [2.45, 2.75) is 31.3 Å². The number of hydrogen-bond donors (Lipinski definition) is 2. The summed E-state index contributed by atoms with van der Waals surface area (Å²) in [7, 11) is -5.24. The predicted octanol–water partition coefficient (Wildman–Crippen LogP) is 1.77. The first kappa shape index (κ1) is 22.1. The van der Waals surface area contributed by atoms with E-state index >= 15 is 0 Å². The second kappa shape index (κ2) is 10.3. The molecule has 0 spiro atoms. The van der Waals surface area contributed by atoms with Crippen molar-refractivity contribution in [1.29, 1.82) is 0 Å². The molecule has 1 aliphatic heterocycles. The molecule has 0 bridgehead atoms. The van der Waals surface area contributed by atoms with E-state index in [4.69, 9.17) is 0 Å². The molecule has 0 aromatic carbocycles. The van der Waals surface area contributed by atoms with Crippen LogP contribution in [0.5, 0.6) is 0 Å². The zero-order valence-corrected chi connectivity index (χ0v) is 15.8. The van der Waals surface area contributed by atoms with E-state index in [-0.39, 0.29) is 19.1 Å². The van der Waals surface area contributed by atoms with Crippen LogP contribution in [0.2, 0.25) is 0 Å². The third kappa shape index (κ3) is 7.06. The minimum atomic E-state index is -5.24. The van der Waals surface area contributed by atoms with Crippen LogP contribution in [-0.2, 0) is 10.0 Å². The second-order valence-electron chi connectivity index (χ2n) is 5.39. The Morgan fingerprint density at radius 2 is 2.04 bits per heavy atom. The third-order valence-electron chi connectivity index (χ3n) is 3.51. The topological polar surface area (TPSA) is 73.8 Å². The van der Waals surface area contributed by atoms with Crippen molar-refractivity contribution >= 4 is 27.7 Å². The van der Waals surface area contributed by atoms with Crippen molar-refractivity contribution in [3.8, 4) is 0 Å². The molecule has 1 heterocycles. The van der Waals surface area contributed by atoms with Crippen LogP contribution in [0.1, 0.15) is 19.8 Å². The van der Waals surface area contributed by atoms with E-state index in [0.717, 1.165) is 11.5 Å². The molecule has 1 fully saturated rings. The van der Waals surface area contributed by atoms with E-state index in [1.54, 1.807) is 11.8 Å². The number of piperidine rings is 1. The van der Waals surface area contributed by atoms with Gasteiger partial charge in [0.1, 0.15) is 0 Å². The number of nitrogens with one attached hydrogen (secondary N) is 2. The van der Waals surface area contributed by atoms with Gasteiger partial charge in [0, 0.05) is 37.2 Å². The summed E-state index contributed by atoms with van der Waals surface area (Å²) in [6.07, 6.45) is 2.41. The summed E-state index contributed by atoms with van der Waals surface area (Å²) in [5, 5.41) is 6.25. The maximum Gasteiger partial charge on any atom is 0.511 e. The highest BCUT2D eigenvalue weighted by Crippen LogP contribution is 2.28. The number of sulfonamides is 1. The molecule has 0 aromatic heterocycles. The van der Waals surface area contributed by atoms with E-state index in [1.165, 1.54) is 0 Å². The summed E-state index contributed by atoms with van der Waals surface area (Å²) in [5.74, 6) is 2.29. The van der Waals surface area contributed by atoms with Gasteiger partial charge in [-0.3, -0.25) is 4.99 Å². The molecule has 6 nitrogen and oxygen atoms in total. The molecule has 0 unspecified atom stereocenters. The van der Waals surface area contributed by atoms with Gasteiger partial charge < -0.3 is 10.6 Å². The van der Waals surface area contributed by atoms with Crippen molar-refractivity contribution in [2.75, 3.05) is 37.7 Å². The number of halogens is 3. The molecule has 0 saturated carbocycles. The molecule has 2 N–H and O–H groups in total. The van der Waals surface area contributed by atoms with E-state index in [2.05, 4.69) is 22.2 Å². The highest BCUT2D eigenvalue weighted by Gasteiger charge is 2.50. The molecule has 0 aliphatic carbocycles. The summed E-state index contributed by atoms with van der Waals surface area (Å²) in [4.78, 5) is 4.41. The molecule has 11 heteroatoms. The SMILES string of the molecule is C=CCSCCN=C(NCC)NC1CCN(S(=O)(=O)C(F)(F)F)CC1. The summed E-state index contributed by atoms with van der Waals surface area (Å²) in [6.45, 7) is 6.51. The molecule has 146 valence electrons. The molecule has 25 heavy (non-hydrogen) atoms. The molecular weight excluding hydrogens is 377 g/mol. The van der Waals surface area contributed by atoms with Crippen LogP contribution in [0.15, 0.2) is 17.6 Å². The minimum absolute atomic E-state index is 0.113. The van der Waals surface area contributed by atoms with Crippen molar-refractivity contribution in [3.63, 3.8) is 0 Å². The van der Waals surface area contributed by atoms with Gasteiger partial charge in [0.25, 0.3) is 0 Å². The molecule has 0 amide bonds. The lowest BCUT2D eigenvalue weighted by Crippen LogP contribution is -2.51. The highest BCUT2D eigenvalue weighted by atomic mass is 32.2. The molecule has 1 saturated heterocycles. The Bertz CT molecular complexity index is 545. The fourth-order valence-electron chi connectivity index (χ4n) is 2.29. The van der Waals surface area contributed by atoms with Crippen molar-refractivity contribution in [2.24, 2.45) is 4.99 Å². The largest absolute Gasteiger partial charge is 0.511 e. The lowest BCUT2D eigenvalue weighted by molar-refractivity contribution is -0.0494. The monoisotopic (exact) mass is 402 g/mol. The first-order valence-electron chi connectivity index (χ1n) is 8.02. The fraction of sp³-hybridized carbons (Fsp3) is 0.786. The smallest absolute Gasteiger partial charge is 0.357 e. The van der Waals surface area contributed by atoms with Crippen LogP contribution >= 0.6 is 11.8 Å². The number of aliphatic imine (C=N–C) groups is 1. The summed E-state index contributed by atoms with van der Waals surface area (Å²) < 4.78 is 61.0. The summed E-state index contributed by atoms with van der Waals surface area (Å²) >= 11 is 1.70. The standard InChI is InChI=1S/C14H25F3N4O2S2/c1-3-10-24-11-7-19-13(18-4-2)20-12-5-8-21(9-6-12)25(22,23)14(15,16)17/h3,12H,1,4-11H2,2H3,(H2,18,19,20). The summed E-state index contributed by atoms with van der Waals surface area (Å²) in [5.41, 5.74) is -5.24. The predicted molar refractivity (Wildman–Crippen MR) is 96.2 cm³/mol. The number of thioether (sulfide) groups is 1. The Hall–Kier alpha value is -0.940. The van der Waals surface area contributed by atoms with E-state index < -0.39 is 15.5 Å². The van der Waals surface area contributed by atoms with Gasteiger partial charge in [-0.05, 0) is 19.8 Å². The average molecular weight is 403 g/mol. The first-order chi connectivity index (χ1) is 11.7. The van der Waals surface area contributed by atoms with E-state index in [0.29, 0.717) is 36.2 Å². The van der Waals surface area contributed by atoms with Gasteiger partial charge in [-0.1, -0.05) is 6.08 Å². The van der Waals surface area contributed by atoms with Gasteiger partial charge >= 0.3 is 15.5 Å². The van der Waals surface area contributed by atoms with Crippen LogP contribution in [0, 0.1) is 0 Å². The quantitative estimate of drug-likeness (QED) is 0.280. The first-order valence-corrected chi connectivity index (χ1v) is 10.6.